The molecule has 0 N–H and O–H groups in total. The molecule has 1 aromatic carbocycles. The van der Waals surface area contributed by atoms with E-state index in [2.05, 4.69) is 20.7 Å². The number of hydrogen-bond donors (Lipinski definition) is 0. The Balaban J connectivity index is 2.99. The van der Waals surface area contributed by atoms with Crippen LogP contribution < -0.4 is 9.64 Å². The molecule has 0 aromatic heterocycles. The lowest BCUT2D eigenvalue weighted by atomic mass is 10.3. The molecule has 1 rings (SSSR count). The lowest BCUT2D eigenvalue weighted by Gasteiger charge is -2.15. The Bertz CT molecular complexity index is 352. The molecule has 0 saturated heterocycles. The summed E-state index contributed by atoms with van der Waals surface area (Å²) >= 11 is 3.11. The van der Waals surface area contributed by atoms with Gasteiger partial charge in [0.1, 0.15) is 5.75 Å². The van der Waals surface area contributed by atoms with E-state index in [1.165, 1.54) is 12.1 Å². The third kappa shape index (κ3) is 3.99. The lowest BCUT2D eigenvalue weighted by molar-refractivity contribution is -0.274. The number of rotatable bonds is 2. The van der Waals surface area contributed by atoms with Crippen molar-refractivity contribution in [1.29, 1.82) is 0 Å². The Morgan fingerprint density at radius 3 is 2.27 bits per heavy atom. The van der Waals surface area contributed by atoms with Crippen LogP contribution in [0.15, 0.2) is 22.7 Å². The minimum absolute atomic E-state index is 0.236. The maximum atomic E-state index is 12.0. The van der Waals surface area contributed by atoms with E-state index in [0.717, 1.165) is 0 Å². The zero-order valence-corrected chi connectivity index (χ0v) is 9.69. The van der Waals surface area contributed by atoms with Crippen molar-refractivity contribution in [2.75, 3.05) is 19.0 Å². The van der Waals surface area contributed by atoms with Crippen LogP contribution >= 0.6 is 15.9 Å². The van der Waals surface area contributed by atoms with Gasteiger partial charge in [-0.25, -0.2) is 0 Å². The van der Waals surface area contributed by atoms with Crippen molar-refractivity contribution in [2.24, 2.45) is 0 Å². The van der Waals surface area contributed by atoms with E-state index in [4.69, 9.17) is 0 Å². The van der Waals surface area contributed by atoms with Crippen molar-refractivity contribution >= 4 is 21.6 Å². The van der Waals surface area contributed by atoms with E-state index < -0.39 is 6.36 Å². The number of benzene rings is 1. The maximum absolute atomic E-state index is 12.0. The monoisotopic (exact) mass is 283 g/mol. The largest absolute Gasteiger partial charge is 0.573 e. The number of hydrogen-bond acceptors (Lipinski definition) is 2. The average molecular weight is 284 g/mol. The second-order valence-corrected chi connectivity index (χ2v) is 4.00. The van der Waals surface area contributed by atoms with Crippen LogP contribution in [-0.2, 0) is 0 Å². The number of nitrogens with zero attached hydrogens (tertiary/aromatic N) is 1. The molecule has 0 unspecified atom stereocenters. The van der Waals surface area contributed by atoms with Crippen molar-refractivity contribution in [3.05, 3.63) is 22.7 Å². The molecule has 0 aliphatic rings. The number of ether oxygens (including phenoxy) is 1. The summed E-state index contributed by atoms with van der Waals surface area (Å²) in [4.78, 5) is 1.69. The minimum Gasteiger partial charge on any atom is -0.406 e. The van der Waals surface area contributed by atoms with Crippen molar-refractivity contribution < 1.29 is 17.9 Å². The first-order valence-electron chi connectivity index (χ1n) is 4.01. The van der Waals surface area contributed by atoms with E-state index in [0.29, 0.717) is 10.2 Å². The van der Waals surface area contributed by atoms with E-state index in [-0.39, 0.29) is 5.75 Å². The van der Waals surface area contributed by atoms with Crippen LogP contribution in [0.5, 0.6) is 5.75 Å². The molecule has 15 heavy (non-hydrogen) atoms. The van der Waals surface area contributed by atoms with Gasteiger partial charge in [-0.1, -0.05) is 15.9 Å². The van der Waals surface area contributed by atoms with Gasteiger partial charge in [-0.15, -0.1) is 13.2 Å². The molecule has 84 valence electrons. The molecule has 0 saturated carbocycles. The molecule has 2 nitrogen and oxygen atoms in total. The SMILES string of the molecule is CN(C)c1cc(Br)cc(OC(F)(F)F)c1. The van der Waals surface area contributed by atoms with Gasteiger partial charge in [-0.05, 0) is 12.1 Å². The smallest absolute Gasteiger partial charge is 0.406 e. The van der Waals surface area contributed by atoms with Gasteiger partial charge in [-0.2, -0.15) is 0 Å². The summed E-state index contributed by atoms with van der Waals surface area (Å²) in [6, 6.07) is 4.28. The summed E-state index contributed by atoms with van der Waals surface area (Å²) in [6.45, 7) is 0. The van der Waals surface area contributed by atoms with Crippen molar-refractivity contribution in [1.82, 2.24) is 0 Å². The highest BCUT2D eigenvalue weighted by Crippen LogP contribution is 2.30. The third-order valence-electron chi connectivity index (χ3n) is 1.61. The zero-order chi connectivity index (χ0) is 11.6. The predicted molar refractivity (Wildman–Crippen MR) is 55.2 cm³/mol. The van der Waals surface area contributed by atoms with Gasteiger partial charge in [-0.3, -0.25) is 0 Å². The van der Waals surface area contributed by atoms with Crippen LogP contribution in [0.1, 0.15) is 0 Å². The van der Waals surface area contributed by atoms with Crippen LogP contribution in [0, 0.1) is 0 Å². The number of anilines is 1. The summed E-state index contributed by atoms with van der Waals surface area (Å²) in [5, 5.41) is 0. The highest BCUT2D eigenvalue weighted by Gasteiger charge is 2.31. The minimum atomic E-state index is -4.66. The summed E-state index contributed by atoms with van der Waals surface area (Å²) in [6.07, 6.45) is -4.66. The van der Waals surface area contributed by atoms with Crippen molar-refractivity contribution in [3.63, 3.8) is 0 Å². The first-order valence-corrected chi connectivity index (χ1v) is 4.81. The van der Waals surface area contributed by atoms with Gasteiger partial charge in [0, 0.05) is 30.3 Å². The average Bonchev–Trinajstić information content (AvgIpc) is 1.99. The van der Waals surface area contributed by atoms with E-state index in [9.17, 15) is 13.2 Å². The predicted octanol–water partition coefficient (Wildman–Crippen LogP) is 3.41. The zero-order valence-electron chi connectivity index (χ0n) is 8.10. The number of halogens is 4. The quantitative estimate of drug-likeness (QED) is 0.825. The topological polar surface area (TPSA) is 12.5 Å². The molecule has 0 fully saturated rings. The molecular weight excluding hydrogens is 275 g/mol. The fourth-order valence-corrected chi connectivity index (χ4v) is 1.46. The summed E-state index contributed by atoms with van der Waals surface area (Å²) in [5.41, 5.74) is 0.628. The van der Waals surface area contributed by atoms with Gasteiger partial charge < -0.3 is 9.64 Å². The van der Waals surface area contributed by atoms with Gasteiger partial charge in [0.15, 0.2) is 0 Å². The number of alkyl halides is 3. The third-order valence-corrected chi connectivity index (χ3v) is 2.06. The Morgan fingerprint density at radius 1 is 1.20 bits per heavy atom. The standard InChI is InChI=1S/C9H9BrF3NO/c1-14(2)7-3-6(10)4-8(5-7)15-9(11,12)13/h3-5H,1-2H3. The Hall–Kier alpha value is -0.910. The summed E-state index contributed by atoms with van der Waals surface area (Å²) in [7, 11) is 3.47. The first-order chi connectivity index (χ1) is 6.78. The van der Waals surface area contributed by atoms with Gasteiger partial charge in [0.2, 0.25) is 0 Å². The molecular formula is C9H9BrF3NO. The Kier molecular flexibility index (Phi) is 3.49. The molecule has 0 bridgehead atoms. The van der Waals surface area contributed by atoms with E-state index in [1.54, 1.807) is 25.1 Å². The highest BCUT2D eigenvalue weighted by molar-refractivity contribution is 9.10. The van der Waals surface area contributed by atoms with Crippen molar-refractivity contribution in [3.8, 4) is 5.75 Å². The summed E-state index contributed by atoms with van der Waals surface area (Å²) < 4.78 is 40.2. The van der Waals surface area contributed by atoms with E-state index in [1.807, 2.05) is 0 Å². The molecule has 0 heterocycles. The van der Waals surface area contributed by atoms with Crippen LogP contribution in [0.4, 0.5) is 18.9 Å². The van der Waals surface area contributed by atoms with Gasteiger partial charge in [0.25, 0.3) is 0 Å². The fourth-order valence-electron chi connectivity index (χ4n) is 0.999. The molecule has 1 aromatic rings. The van der Waals surface area contributed by atoms with Gasteiger partial charge in [0.05, 0.1) is 0 Å². The van der Waals surface area contributed by atoms with Crippen LogP contribution in [0.25, 0.3) is 0 Å². The molecule has 0 amide bonds. The second-order valence-electron chi connectivity index (χ2n) is 3.09. The normalized spacial score (nSPS) is 11.3. The van der Waals surface area contributed by atoms with E-state index >= 15 is 0 Å². The maximum Gasteiger partial charge on any atom is 0.573 e. The fraction of sp³-hybridized carbons (Fsp3) is 0.333. The second kappa shape index (κ2) is 4.30. The van der Waals surface area contributed by atoms with Gasteiger partial charge >= 0.3 is 6.36 Å². The van der Waals surface area contributed by atoms with Crippen LogP contribution in [0.2, 0.25) is 0 Å². The summed E-state index contributed by atoms with van der Waals surface area (Å²) in [5.74, 6) is -0.236. The van der Waals surface area contributed by atoms with Crippen molar-refractivity contribution in [2.45, 2.75) is 6.36 Å². The highest BCUT2D eigenvalue weighted by atomic mass is 79.9. The first kappa shape index (κ1) is 12.2. The molecule has 0 radical (unpaired) electrons. The van der Waals surface area contributed by atoms with Crippen LogP contribution in [0.3, 0.4) is 0 Å². The Labute approximate surface area is 93.8 Å². The molecule has 0 aliphatic carbocycles. The lowest BCUT2D eigenvalue weighted by Crippen LogP contribution is -2.17. The Morgan fingerprint density at radius 2 is 1.80 bits per heavy atom. The molecule has 0 spiro atoms. The molecule has 0 atom stereocenters. The molecule has 0 aliphatic heterocycles. The molecule has 6 heteroatoms. The van der Waals surface area contributed by atoms with Crippen LogP contribution in [-0.4, -0.2) is 20.5 Å².